The predicted octanol–water partition coefficient (Wildman–Crippen LogP) is 2.08. The Balaban J connectivity index is 1.09. The highest BCUT2D eigenvalue weighted by Crippen LogP contribution is 2.29. The molecule has 244 valence electrons. The summed E-state index contributed by atoms with van der Waals surface area (Å²) < 4.78 is 26.1. The number of halogens is 1. The minimum Gasteiger partial charge on any atom is -0.486 e. The van der Waals surface area contributed by atoms with E-state index in [9.17, 15) is 24.7 Å². The van der Waals surface area contributed by atoms with E-state index in [-0.39, 0.29) is 36.9 Å². The van der Waals surface area contributed by atoms with Gasteiger partial charge in [-0.05, 0) is 55.3 Å². The number of nitriles is 1. The molecule has 6 rings (SSSR count). The van der Waals surface area contributed by atoms with E-state index >= 15 is 0 Å². The van der Waals surface area contributed by atoms with E-state index in [1.165, 1.54) is 18.2 Å². The van der Waals surface area contributed by atoms with Crippen LogP contribution in [0.15, 0.2) is 48.8 Å². The van der Waals surface area contributed by atoms with Gasteiger partial charge in [-0.15, -0.1) is 0 Å². The van der Waals surface area contributed by atoms with Crippen molar-refractivity contribution in [3.8, 4) is 35.2 Å². The molecular weight excluding hydrogens is 607 g/mol. The number of benzene rings is 2. The molecule has 3 aromatic rings. The lowest BCUT2D eigenvalue weighted by Crippen LogP contribution is -2.61. The minimum atomic E-state index is -1.47. The van der Waals surface area contributed by atoms with Gasteiger partial charge in [-0.2, -0.15) is 10.2 Å². The van der Waals surface area contributed by atoms with E-state index in [0.717, 1.165) is 24.5 Å². The van der Waals surface area contributed by atoms with Gasteiger partial charge in [0.15, 0.2) is 12.0 Å². The summed E-state index contributed by atoms with van der Waals surface area (Å²) in [5, 5.41) is 31.8. The van der Waals surface area contributed by atoms with E-state index in [2.05, 4.69) is 48.2 Å². The normalized spacial score (nSPS) is 22.3. The number of amides is 1. The number of aromatic nitrogens is 3. The Labute approximate surface area is 271 Å². The highest BCUT2D eigenvalue weighted by molar-refractivity contribution is 5.80. The smallest absolute Gasteiger partial charge is 0.251 e. The zero-order chi connectivity index (χ0) is 32.9. The van der Waals surface area contributed by atoms with E-state index in [4.69, 9.17) is 9.47 Å². The van der Waals surface area contributed by atoms with E-state index in [0.29, 0.717) is 43.1 Å². The zero-order valence-corrected chi connectivity index (χ0v) is 25.8. The summed E-state index contributed by atoms with van der Waals surface area (Å²) in [5.41, 5.74) is 2.55. The Morgan fingerprint density at radius 1 is 1.15 bits per heavy atom. The molecule has 0 saturated carbocycles. The van der Waals surface area contributed by atoms with Crippen molar-refractivity contribution < 1.29 is 28.9 Å². The minimum absolute atomic E-state index is 0.0848. The van der Waals surface area contributed by atoms with Crippen molar-refractivity contribution in [2.45, 2.75) is 43.8 Å². The second-order valence-electron chi connectivity index (χ2n) is 11.7. The van der Waals surface area contributed by atoms with Gasteiger partial charge in [-0.25, -0.2) is 14.4 Å². The number of aliphatic hydroxyl groups excluding tert-OH is 2. The van der Waals surface area contributed by atoms with Crippen LogP contribution in [0.1, 0.15) is 18.9 Å². The first kappa shape index (κ1) is 31.9. The van der Waals surface area contributed by atoms with Crippen molar-refractivity contribution in [3.05, 3.63) is 54.4 Å². The van der Waals surface area contributed by atoms with Crippen molar-refractivity contribution in [1.82, 2.24) is 24.8 Å². The number of carbonyl (C=O) groups is 1. The molecule has 13 nitrogen and oxygen atoms in total. The molecular formula is C33H35FN8O5. The highest BCUT2D eigenvalue weighted by Gasteiger charge is 2.36. The average Bonchev–Trinajstić information content (AvgIpc) is 3.06. The fourth-order valence-electron chi connectivity index (χ4n) is 5.97. The molecule has 3 saturated heterocycles. The number of piperazine rings is 1. The van der Waals surface area contributed by atoms with Gasteiger partial charge in [0, 0.05) is 49.5 Å². The number of nitrogens with one attached hydrogen (secondary N) is 1. The number of ether oxygens (including phenoxy) is 2. The molecule has 14 heteroatoms. The van der Waals surface area contributed by atoms with Crippen molar-refractivity contribution in [3.63, 3.8) is 0 Å². The third-order valence-corrected chi connectivity index (χ3v) is 8.59. The van der Waals surface area contributed by atoms with E-state index in [1.54, 1.807) is 18.2 Å². The number of aliphatic hydroxyl groups is 2. The van der Waals surface area contributed by atoms with Crippen LogP contribution in [0.25, 0.3) is 11.4 Å². The number of piperidine rings is 1. The Hall–Kier alpha value is -5.02. The average molecular weight is 643 g/mol. The lowest BCUT2D eigenvalue weighted by atomic mass is 10.0. The molecule has 0 unspecified atom stereocenters. The summed E-state index contributed by atoms with van der Waals surface area (Å²) in [6.07, 6.45) is 0.177. The van der Waals surface area contributed by atoms with Crippen LogP contribution in [-0.2, 0) is 9.53 Å². The highest BCUT2D eigenvalue weighted by atomic mass is 19.1. The molecule has 4 heterocycles. The number of hydrogen-bond donors (Lipinski definition) is 3. The maximum Gasteiger partial charge on any atom is 0.251 e. The Morgan fingerprint density at radius 2 is 1.96 bits per heavy atom. The number of carbonyl (C=O) groups excluding carboxylic acids is 1. The summed E-state index contributed by atoms with van der Waals surface area (Å²) in [4.78, 5) is 30.9. The van der Waals surface area contributed by atoms with E-state index in [1.807, 2.05) is 24.3 Å². The molecule has 0 aliphatic carbocycles. The van der Waals surface area contributed by atoms with Crippen LogP contribution in [0.2, 0.25) is 0 Å². The van der Waals surface area contributed by atoms with Gasteiger partial charge < -0.3 is 34.8 Å². The third kappa shape index (κ3) is 7.20. The molecule has 0 bridgehead atoms. The number of hydrogen-bond acceptors (Lipinski definition) is 12. The van der Waals surface area contributed by atoms with E-state index < -0.39 is 24.3 Å². The monoisotopic (exact) mass is 642 g/mol. The summed E-state index contributed by atoms with van der Waals surface area (Å²) >= 11 is 0. The fraction of sp³-hybridized carbons (Fsp3) is 0.424. The Morgan fingerprint density at radius 3 is 2.64 bits per heavy atom. The molecule has 4 atom stereocenters. The first-order valence-electron chi connectivity index (χ1n) is 15.4. The molecule has 3 aliphatic rings. The van der Waals surface area contributed by atoms with Crippen molar-refractivity contribution in [2.24, 2.45) is 0 Å². The molecule has 0 radical (unpaired) electrons. The van der Waals surface area contributed by atoms with Crippen LogP contribution in [0.5, 0.6) is 5.75 Å². The zero-order valence-electron chi connectivity index (χ0n) is 25.8. The fourth-order valence-corrected chi connectivity index (χ4v) is 5.97. The van der Waals surface area contributed by atoms with Gasteiger partial charge >= 0.3 is 0 Å². The molecule has 2 aromatic carbocycles. The van der Waals surface area contributed by atoms with Gasteiger partial charge in [-0.1, -0.05) is 0 Å². The van der Waals surface area contributed by atoms with Gasteiger partial charge in [0.05, 0.1) is 37.4 Å². The van der Waals surface area contributed by atoms with Crippen molar-refractivity contribution >= 4 is 23.2 Å². The number of rotatable bonds is 8. The largest absolute Gasteiger partial charge is 0.486 e. The lowest BCUT2D eigenvalue weighted by molar-refractivity contribution is -0.143. The second-order valence-corrected chi connectivity index (χ2v) is 11.7. The maximum atomic E-state index is 14.9. The summed E-state index contributed by atoms with van der Waals surface area (Å²) in [6, 6.07) is 15.1. The van der Waals surface area contributed by atoms with Crippen molar-refractivity contribution in [2.75, 3.05) is 56.2 Å². The van der Waals surface area contributed by atoms with Gasteiger partial charge in [0.2, 0.25) is 5.95 Å². The quantitative estimate of drug-likeness (QED) is 0.308. The maximum absolute atomic E-state index is 14.9. The van der Waals surface area contributed by atoms with Crippen LogP contribution >= 0.6 is 0 Å². The lowest BCUT2D eigenvalue weighted by Gasteiger charge is -2.46. The summed E-state index contributed by atoms with van der Waals surface area (Å²) in [7, 11) is 0. The first-order chi connectivity index (χ1) is 22.8. The molecule has 3 aliphatic heterocycles. The second kappa shape index (κ2) is 14.2. The molecule has 47 heavy (non-hydrogen) atoms. The standard InChI is InChI=1S/C33H35FN8O5/c1-21(44)32(45)41-10-8-30(28(34)17-41)47-29-7-2-22(14-23(29)15-35)31-36-20-37-33(39-31)38-24-3-5-25(6-4-24)40-11-12-42(27-18-46-19-27)26(16-40)9-13-43/h2-7,14,20-21,26-28,30,43-44H,8,10-12,16-19H2,1H3,(H,36,37,38,39)/t21-,26-,28+,30-/m0/s1. The number of nitrogens with zero attached hydrogens (tertiary/aromatic N) is 7. The Bertz CT molecular complexity index is 1690. The number of likely N-dealkylation sites (tertiary alicyclic amines) is 1. The van der Waals surface area contributed by atoms with Crippen LogP contribution in [0.4, 0.5) is 21.7 Å². The topological polar surface area (TPSA) is 160 Å². The van der Waals surface area contributed by atoms with Gasteiger partial charge in [0.25, 0.3) is 5.91 Å². The Kier molecular flexibility index (Phi) is 9.63. The summed E-state index contributed by atoms with van der Waals surface area (Å²) in [5.74, 6) is 3.27. The predicted molar refractivity (Wildman–Crippen MR) is 169 cm³/mol. The number of alkyl halides is 1. The summed E-state index contributed by atoms with van der Waals surface area (Å²) in [6.45, 7) is 5.11. The van der Waals surface area contributed by atoms with Gasteiger partial charge in [-0.3, -0.25) is 9.69 Å². The molecule has 3 fully saturated rings. The number of anilines is 3. The van der Waals surface area contributed by atoms with Crippen molar-refractivity contribution in [1.29, 1.82) is 5.26 Å². The van der Waals surface area contributed by atoms with Gasteiger partial charge in [0.1, 0.15) is 36.5 Å². The molecule has 1 aromatic heterocycles. The van der Waals surface area contributed by atoms with Crippen LogP contribution in [0.3, 0.4) is 0 Å². The SMILES string of the molecule is C[C@H](O)C(=O)N1CC[C@H](Oc2ccc(-c3ncnc(Nc4ccc(N5CCN(C6COC6)[C@@H](C#CO)C5)cc4)n3)cc2C#N)[C@H](F)C1. The van der Waals surface area contributed by atoms with Crippen LogP contribution < -0.4 is 15.0 Å². The third-order valence-electron chi connectivity index (χ3n) is 8.59. The first-order valence-corrected chi connectivity index (χ1v) is 15.4. The molecule has 3 N–H and O–H groups in total. The molecule has 0 spiro atoms. The van der Waals surface area contributed by atoms with Crippen LogP contribution in [-0.4, -0.2) is 117 Å². The molecule has 1 amide bonds. The van der Waals surface area contributed by atoms with Crippen LogP contribution in [0, 0.1) is 23.4 Å².